The van der Waals surface area contributed by atoms with Gasteiger partial charge in [0.15, 0.2) is 0 Å². The molecule has 2 fully saturated rings. The molecule has 0 bridgehead atoms. The minimum absolute atomic E-state index is 0.528. The Bertz CT molecular complexity index is 483. The van der Waals surface area contributed by atoms with E-state index in [9.17, 15) is 0 Å². The monoisotopic (exact) mass is 354 g/mol. The Morgan fingerprint density at radius 3 is 2.81 bits per heavy atom. The number of nitrogens with two attached hydrogens (primary N) is 1. The van der Waals surface area contributed by atoms with Gasteiger partial charge in [-0.1, -0.05) is 0 Å². The molecule has 0 aliphatic carbocycles. The number of piperidine rings is 1. The van der Waals surface area contributed by atoms with Crippen LogP contribution in [-0.4, -0.2) is 49.3 Å². The molecule has 0 atom stereocenters. The Balaban J connectivity index is 1.36. The van der Waals surface area contributed by atoms with Crippen LogP contribution < -0.4 is 11.1 Å². The van der Waals surface area contributed by atoms with Crippen molar-refractivity contribution in [2.75, 3.05) is 45.1 Å². The van der Waals surface area contributed by atoms with Crippen LogP contribution in [-0.2, 0) is 11.3 Å². The van der Waals surface area contributed by atoms with Crippen molar-refractivity contribution in [3.8, 4) is 0 Å². The molecule has 5 nitrogen and oxygen atoms in total. The highest BCUT2D eigenvalue weighted by atomic mass is 79.9. The van der Waals surface area contributed by atoms with Crippen molar-refractivity contribution in [1.29, 1.82) is 0 Å². The van der Waals surface area contributed by atoms with Crippen LogP contribution in [0.5, 0.6) is 0 Å². The number of halogens is 1. The Morgan fingerprint density at radius 1 is 1.38 bits per heavy atom. The summed E-state index contributed by atoms with van der Waals surface area (Å²) in [4.78, 5) is 6.69. The summed E-state index contributed by atoms with van der Waals surface area (Å²) in [7, 11) is 0. The van der Waals surface area contributed by atoms with Crippen molar-refractivity contribution in [3.63, 3.8) is 0 Å². The highest BCUT2D eigenvalue weighted by molar-refractivity contribution is 9.10. The Kier molecular flexibility index (Phi) is 4.78. The van der Waals surface area contributed by atoms with Crippen molar-refractivity contribution in [1.82, 2.24) is 15.2 Å². The van der Waals surface area contributed by atoms with Crippen molar-refractivity contribution in [3.05, 3.63) is 22.3 Å². The van der Waals surface area contributed by atoms with Crippen LogP contribution in [0, 0.1) is 5.41 Å². The molecule has 0 unspecified atom stereocenters. The van der Waals surface area contributed by atoms with Crippen LogP contribution in [0.25, 0.3) is 0 Å². The molecule has 0 amide bonds. The number of pyridine rings is 1. The molecule has 1 aromatic heterocycles. The van der Waals surface area contributed by atoms with Crippen LogP contribution in [0.1, 0.15) is 18.4 Å². The average Bonchev–Trinajstić information content (AvgIpc) is 2.46. The number of anilines is 1. The predicted molar refractivity (Wildman–Crippen MR) is 87.0 cm³/mol. The molecule has 0 saturated carbocycles. The minimum Gasteiger partial charge on any atom is -0.383 e. The van der Waals surface area contributed by atoms with E-state index in [4.69, 9.17) is 10.5 Å². The number of rotatable bonds is 5. The van der Waals surface area contributed by atoms with Crippen molar-refractivity contribution in [2.24, 2.45) is 5.41 Å². The summed E-state index contributed by atoms with van der Waals surface area (Å²) in [5.74, 6) is 0.607. The lowest BCUT2D eigenvalue weighted by molar-refractivity contribution is -0.139. The Labute approximate surface area is 134 Å². The van der Waals surface area contributed by atoms with E-state index in [1.165, 1.54) is 25.9 Å². The molecule has 1 aromatic rings. The number of hydrogen-bond donors (Lipinski definition) is 2. The lowest BCUT2D eigenvalue weighted by Crippen LogP contribution is -2.51. The molecular weight excluding hydrogens is 332 g/mol. The van der Waals surface area contributed by atoms with Gasteiger partial charge < -0.3 is 20.7 Å². The third kappa shape index (κ3) is 3.74. The molecule has 1 spiro atoms. The summed E-state index contributed by atoms with van der Waals surface area (Å²) >= 11 is 3.43. The minimum atomic E-state index is 0.528. The normalized spacial score (nSPS) is 21.4. The number of nitrogen functional groups attached to an aromatic ring is 1. The third-order valence-electron chi connectivity index (χ3n) is 4.62. The van der Waals surface area contributed by atoms with Crippen molar-refractivity contribution < 1.29 is 4.74 Å². The van der Waals surface area contributed by atoms with Gasteiger partial charge in [-0.15, -0.1) is 0 Å². The highest BCUT2D eigenvalue weighted by Crippen LogP contribution is 2.38. The molecule has 116 valence electrons. The van der Waals surface area contributed by atoms with E-state index in [1.54, 1.807) is 6.20 Å². The zero-order valence-electron chi connectivity index (χ0n) is 12.3. The standard InChI is InChI=1S/C15H23BrN4O/c16-13-7-12(14(17)19-9-13)8-18-3-6-20-4-1-15(2-5-20)10-21-11-15/h7,9,18H,1-6,8,10-11H2,(H2,17,19). The fourth-order valence-electron chi connectivity index (χ4n) is 3.02. The smallest absolute Gasteiger partial charge is 0.127 e. The average molecular weight is 355 g/mol. The molecule has 0 radical (unpaired) electrons. The topological polar surface area (TPSA) is 63.4 Å². The number of nitrogens with zero attached hydrogens (tertiary/aromatic N) is 2. The van der Waals surface area contributed by atoms with Gasteiger partial charge >= 0.3 is 0 Å². The first-order chi connectivity index (χ1) is 10.2. The van der Waals surface area contributed by atoms with Gasteiger partial charge in [0.25, 0.3) is 0 Å². The maximum atomic E-state index is 5.87. The zero-order valence-corrected chi connectivity index (χ0v) is 13.9. The summed E-state index contributed by atoms with van der Waals surface area (Å²) in [6.45, 7) is 7.21. The zero-order chi connectivity index (χ0) is 14.7. The SMILES string of the molecule is Nc1ncc(Br)cc1CNCCN1CCC2(CC1)COC2. The van der Waals surface area contributed by atoms with Crippen LogP contribution in [0.3, 0.4) is 0 Å². The Morgan fingerprint density at radius 2 is 2.14 bits per heavy atom. The Hall–Kier alpha value is -0.690. The van der Waals surface area contributed by atoms with E-state index in [-0.39, 0.29) is 0 Å². The summed E-state index contributed by atoms with van der Waals surface area (Å²) in [6.07, 6.45) is 4.30. The molecule has 3 N–H and O–H groups in total. The quantitative estimate of drug-likeness (QED) is 0.786. The summed E-state index contributed by atoms with van der Waals surface area (Å²) in [5, 5.41) is 3.46. The van der Waals surface area contributed by atoms with Crippen LogP contribution >= 0.6 is 15.9 Å². The summed E-state index contributed by atoms with van der Waals surface area (Å²) in [6, 6.07) is 2.02. The van der Waals surface area contributed by atoms with Gasteiger partial charge in [-0.25, -0.2) is 4.98 Å². The third-order valence-corrected chi connectivity index (χ3v) is 5.06. The molecule has 2 aliphatic rings. The second-order valence-electron chi connectivity index (χ2n) is 6.21. The van der Waals surface area contributed by atoms with E-state index < -0.39 is 0 Å². The number of ether oxygens (including phenoxy) is 1. The summed E-state index contributed by atoms with van der Waals surface area (Å²) < 4.78 is 6.34. The van der Waals surface area contributed by atoms with E-state index in [0.717, 1.165) is 42.9 Å². The van der Waals surface area contributed by atoms with Crippen LogP contribution in [0.15, 0.2) is 16.7 Å². The maximum Gasteiger partial charge on any atom is 0.127 e. The maximum absolute atomic E-state index is 5.87. The van der Waals surface area contributed by atoms with Crippen molar-refractivity contribution >= 4 is 21.7 Å². The van der Waals surface area contributed by atoms with E-state index >= 15 is 0 Å². The van der Waals surface area contributed by atoms with Gasteiger partial charge in [-0.2, -0.15) is 0 Å². The van der Waals surface area contributed by atoms with Crippen LogP contribution in [0.4, 0.5) is 5.82 Å². The molecule has 6 heteroatoms. The van der Waals surface area contributed by atoms with E-state index in [0.29, 0.717) is 11.2 Å². The second-order valence-corrected chi connectivity index (χ2v) is 7.12. The lowest BCUT2D eigenvalue weighted by Gasteiger charge is -2.47. The molecular formula is C15H23BrN4O. The molecule has 2 saturated heterocycles. The molecule has 3 heterocycles. The number of aromatic nitrogens is 1. The lowest BCUT2D eigenvalue weighted by atomic mass is 9.77. The molecule has 3 rings (SSSR count). The fraction of sp³-hybridized carbons (Fsp3) is 0.667. The number of likely N-dealkylation sites (tertiary alicyclic amines) is 1. The van der Waals surface area contributed by atoms with Gasteiger partial charge in [-0.3, -0.25) is 0 Å². The first-order valence-corrected chi connectivity index (χ1v) is 8.37. The van der Waals surface area contributed by atoms with E-state index in [2.05, 4.69) is 31.1 Å². The van der Waals surface area contributed by atoms with Gasteiger partial charge in [0.2, 0.25) is 0 Å². The van der Waals surface area contributed by atoms with Crippen LogP contribution in [0.2, 0.25) is 0 Å². The number of nitrogens with one attached hydrogen (secondary N) is 1. The van der Waals surface area contributed by atoms with Crippen molar-refractivity contribution in [2.45, 2.75) is 19.4 Å². The largest absolute Gasteiger partial charge is 0.383 e. The van der Waals surface area contributed by atoms with Gasteiger partial charge in [-0.05, 0) is 47.9 Å². The predicted octanol–water partition coefficient (Wildman–Crippen LogP) is 1.63. The van der Waals surface area contributed by atoms with Gasteiger partial charge in [0.1, 0.15) is 5.82 Å². The molecule has 0 aromatic carbocycles. The van der Waals surface area contributed by atoms with E-state index in [1.807, 2.05) is 6.07 Å². The first kappa shape index (κ1) is 15.2. The first-order valence-electron chi connectivity index (χ1n) is 7.58. The number of hydrogen-bond acceptors (Lipinski definition) is 5. The summed E-state index contributed by atoms with van der Waals surface area (Å²) in [5.41, 5.74) is 7.45. The van der Waals surface area contributed by atoms with Gasteiger partial charge in [0, 0.05) is 41.3 Å². The second kappa shape index (κ2) is 6.60. The highest BCUT2D eigenvalue weighted by Gasteiger charge is 2.40. The molecule has 2 aliphatic heterocycles. The fourth-order valence-corrected chi connectivity index (χ4v) is 3.40. The molecule has 21 heavy (non-hydrogen) atoms. The van der Waals surface area contributed by atoms with Gasteiger partial charge in [0.05, 0.1) is 13.2 Å².